The molecule has 0 aliphatic carbocycles. The second-order valence-electron chi connectivity index (χ2n) is 5.93. The van der Waals surface area contributed by atoms with Crippen LogP contribution in [0.15, 0.2) is 65.0 Å². The molecule has 0 spiro atoms. The lowest BCUT2D eigenvalue weighted by Gasteiger charge is -2.09. The molecule has 0 saturated heterocycles. The van der Waals surface area contributed by atoms with Crippen molar-refractivity contribution in [3.8, 4) is 10.6 Å². The zero-order valence-corrected chi connectivity index (χ0v) is 18.9. The predicted molar refractivity (Wildman–Crippen MR) is 123 cm³/mol. The quantitative estimate of drug-likeness (QED) is 0.277. The maximum atomic E-state index is 6.32. The molecule has 0 fully saturated rings. The van der Waals surface area contributed by atoms with E-state index in [1.54, 1.807) is 29.5 Å². The van der Waals surface area contributed by atoms with Gasteiger partial charge in [0.1, 0.15) is 0 Å². The first-order valence-electron chi connectivity index (χ1n) is 8.18. The third kappa shape index (κ3) is 4.48. The van der Waals surface area contributed by atoms with Crippen molar-refractivity contribution < 1.29 is 0 Å². The first kappa shape index (κ1) is 20.0. The molecule has 4 aromatic rings. The van der Waals surface area contributed by atoms with Crippen molar-refractivity contribution in [2.24, 2.45) is 4.99 Å². The Morgan fingerprint density at radius 1 is 0.857 bits per heavy atom. The van der Waals surface area contributed by atoms with Gasteiger partial charge in [-0.05, 0) is 48.0 Å². The maximum absolute atomic E-state index is 6.32. The molecule has 2 heterocycles. The SMILES string of the molecule is Clc1ccc(Cn2c(-c3ccc(Cl)s3)csc2=Nc2cc(Cl)ccc2Cl)cc1. The predicted octanol–water partition coefficient (Wildman–Crippen LogP) is 8.17. The number of hydrogen-bond donors (Lipinski definition) is 0. The summed E-state index contributed by atoms with van der Waals surface area (Å²) in [5, 5.41) is 3.93. The van der Waals surface area contributed by atoms with Gasteiger partial charge in [0, 0.05) is 15.4 Å². The Kier molecular flexibility index (Phi) is 6.16. The van der Waals surface area contributed by atoms with Gasteiger partial charge in [-0.3, -0.25) is 0 Å². The average molecular weight is 486 g/mol. The minimum atomic E-state index is 0.552. The number of hydrogen-bond acceptors (Lipinski definition) is 3. The fourth-order valence-electron chi connectivity index (χ4n) is 2.67. The zero-order chi connectivity index (χ0) is 19.7. The van der Waals surface area contributed by atoms with Crippen LogP contribution in [-0.2, 0) is 6.54 Å². The normalized spacial score (nSPS) is 11.9. The molecule has 0 bridgehead atoms. The topological polar surface area (TPSA) is 17.3 Å². The van der Waals surface area contributed by atoms with Crippen molar-refractivity contribution in [1.29, 1.82) is 0 Å². The van der Waals surface area contributed by atoms with Gasteiger partial charge >= 0.3 is 0 Å². The molecule has 0 radical (unpaired) electrons. The van der Waals surface area contributed by atoms with E-state index in [0.717, 1.165) is 25.3 Å². The summed E-state index contributed by atoms with van der Waals surface area (Å²) < 4.78 is 2.89. The molecule has 0 unspecified atom stereocenters. The lowest BCUT2D eigenvalue weighted by molar-refractivity contribution is 0.779. The van der Waals surface area contributed by atoms with E-state index in [0.29, 0.717) is 27.3 Å². The largest absolute Gasteiger partial charge is 0.311 e. The van der Waals surface area contributed by atoms with E-state index < -0.39 is 0 Å². The third-order valence-electron chi connectivity index (χ3n) is 4.00. The first-order chi connectivity index (χ1) is 13.5. The lowest BCUT2D eigenvalue weighted by atomic mass is 10.2. The first-order valence-corrected chi connectivity index (χ1v) is 11.4. The highest BCUT2D eigenvalue weighted by atomic mass is 35.5. The molecule has 0 aliphatic rings. The summed E-state index contributed by atoms with van der Waals surface area (Å²) in [4.78, 5) is 6.67. The second kappa shape index (κ2) is 8.62. The highest BCUT2D eigenvalue weighted by Crippen LogP contribution is 2.32. The summed E-state index contributed by atoms with van der Waals surface area (Å²) in [5.74, 6) is 0. The smallest absolute Gasteiger partial charge is 0.190 e. The van der Waals surface area contributed by atoms with Gasteiger partial charge < -0.3 is 4.57 Å². The summed E-state index contributed by atoms with van der Waals surface area (Å²) in [6, 6.07) is 17.0. The number of thiazole rings is 1. The van der Waals surface area contributed by atoms with Crippen molar-refractivity contribution in [2.45, 2.75) is 6.54 Å². The van der Waals surface area contributed by atoms with E-state index in [2.05, 4.69) is 9.95 Å². The van der Waals surface area contributed by atoms with Gasteiger partial charge in [0.2, 0.25) is 0 Å². The van der Waals surface area contributed by atoms with Crippen molar-refractivity contribution in [2.75, 3.05) is 0 Å². The molecular formula is C20H12Cl4N2S2. The summed E-state index contributed by atoms with van der Waals surface area (Å²) in [5.41, 5.74) is 2.80. The number of nitrogens with zero attached hydrogens (tertiary/aromatic N) is 2. The highest BCUT2D eigenvalue weighted by molar-refractivity contribution is 7.19. The van der Waals surface area contributed by atoms with Gasteiger partial charge in [-0.1, -0.05) is 58.5 Å². The summed E-state index contributed by atoms with van der Waals surface area (Å²) in [6.45, 7) is 0.641. The van der Waals surface area contributed by atoms with Crippen LogP contribution in [0.3, 0.4) is 0 Å². The van der Waals surface area contributed by atoms with Crippen LogP contribution >= 0.6 is 69.1 Å². The Morgan fingerprint density at radius 3 is 2.32 bits per heavy atom. The Labute approximate surface area is 190 Å². The summed E-state index contributed by atoms with van der Waals surface area (Å²) in [6.07, 6.45) is 0. The number of rotatable bonds is 4. The van der Waals surface area contributed by atoms with E-state index in [4.69, 9.17) is 51.4 Å². The molecule has 2 aromatic carbocycles. The van der Waals surface area contributed by atoms with E-state index in [-0.39, 0.29) is 0 Å². The van der Waals surface area contributed by atoms with Crippen LogP contribution in [0.4, 0.5) is 5.69 Å². The van der Waals surface area contributed by atoms with Gasteiger partial charge in [-0.15, -0.1) is 22.7 Å². The summed E-state index contributed by atoms with van der Waals surface area (Å²) >= 11 is 27.7. The Hall–Kier alpha value is -1.27. The molecular weight excluding hydrogens is 474 g/mol. The highest BCUT2D eigenvalue weighted by Gasteiger charge is 2.12. The molecule has 0 saturated carbocycles. The van der Waals surface area contributed by atoms with E-state index in [1.165, 1.54) is 11.3 Å². The Balaban J connectivity index is 1.86. The number of benzene rings is 2. The fourth-order valence-corrected chi connectivity index (χ4v) is 5.18. The minimum Gasteiger partial charge on any atom is -0.311 e. The van der Waals surface area contributed by atoms with Crippen molar-refractivity contribution in [3.63, 3.8) is 0 Å². The van der Waals surface area contributed by atoms with Crippen LogP contribution in [0.1, 0.15) is 5.56 Å². The molecule has 0 atom stereocenters. The van der Waals surface area contributed by atoms with Gasteiger partial charge in [0.25, 0.3) is 0 Å². The van der Waals surface area contributed by atoms with Crippen molar-refractivity contribution >= 4 is 74.8 Å². The van der Waals surface area contributed by atoms with E-state index in [1.807, 2.05) is 36.4 Å². The molecule has 8 heteroatoms. The monoisotopic (exact) mass is 484 g/mol. The molecule has 2 aromatic heterocycles. The second-order valence-corrected chi connectivity index (χ2v) is 9.76. The van der Waals surface area contributed by atoms with Crippen LogP contribution in [0.2, 0.25) is 19.4 Å². The molecule has 28 heavy (non-hydrogen) atoms. The molecule has 4 rings (SSSR count). The van der Waals surface area contributed by atoms with Crippen LogP contribution in [0, 0.1) is 0 Å². The molecule has 0 N–H and O–H groups in total. The fraction of sp³-hybridized carbons (Fsp3) is 0.0500. The minimum absolute atomic E-state index is 0.552. The standard InChI is InChI=1S/C20H12Cl4N2S2/c21-13-3-1-12(2-4-13)10-26-17(18-7-8-19(24)28-18)11-27-20(26)25-16-9-14(22)5-6-15(16)23/h1-9,11H,10H2. The number of thiophene rings is 1. The third-order valence-corrected chi connectivity index (χ3v) is 6.93. The lowest BCUT2D eigenvalue weighted by Crippen LogP contribution is -2.16. The molecule has 2 nitrogen and oxygen atoms in total. The van der Waals surface area contributed by atoms with Crippen LogP contribution in [0.5, 0.6) is 0 Å². The van der Waals surface area contributed by atoms with Crippen LogP contribution in [0.25, 0.3) is 10.6 Å². The van der Waals surface area contributed by atoms with Crippen molar-refractivity contribution in [1.82, 2.24) is 4.57 Å². The number of halogens is 4. The molecule has 0 amide bonds. The van der Waals surface area contributed by atoms with Gasteiger partial charge in [-0.25, -0.2) is 4.99 Å². The van der Waals surface area contributed by atoms with Gasteiger partial charge in [0.05, 0.1) is 32.2 Å². The van der Waals surface area contributed by atoms with Crippen LogP contribution < -0.4 is 4.80 Å². The number of aromatic nitrogens is 1. The molecule has 0 aliphatic heterocycles. The van der Waals surface area contributed by atoms with Gasteiger partial charge in [-0.2, -0.15) is 0 Å². The average Bonchev–Trinajstić information content (AvgIpc) is 3.26. The van der Waals surface area contributed by atoms with Crippen molar-refractivity contribution in [3.05, 3.63) is 89.7 Å². The Morgan fingerprint density at radius 2 is 1.61 bits per heavy atom. The Bertz CT molecular complexity index is 1190. The zero-order valence-electron chi connectivity index (χ0n) is 14.2. The molecule has 142 valence electrons. The van der Waals surface area contributed by atoms with Gasteiger partial charge in [0.15, 0.2) is 4.80 Å². The van der Waals surface area contributed by atoms with E-state index in [9.17, 15) is 0 Å². The summed E-state index contributed by atoms with van der Waals surface area (Å²) in [7, 11) is 0. The maximum Gasteiger partial charge on any atom is 0.190 e. The van der Waals surface area contributed by atoms with E-state index >= 15 is 0 Å². The van der Waals surface area contributed by atoms with Crippen LogP contribution in [-0.4, -0.2) is 4.57 Å².